The van der Waals surface area contributed by atoms with Crippen LogP contribution >= 0.6 is 0 Å². The van der Waals surface area contributed by atoms with E-state index in [1.54, 1.807) is 42.5 Å². The number of carbonyl (C=O) groups excluding carboxylic acids is 2. The van der Waals surface area contributed by atoms with E-state index in [1.807, 2.05) is 24.3 Å². The molecule has 0 unspecified atom stereocenters. The summed E-state index contributed by atoms with van der Waals surface area (Å²) in [7, 11) is 1.54. The number of hydrogen-bond acceptors (Lipinski definition) is 5. The number of ether oxygens (including phenoxy) is 2. The van der Waals surface area contributed by atoms with Gasteiger partial charge < -0.3 is 14.4 Å². The van der Waals surface area contributed by atoms with Crippen LogP contribution in [0, 0.1) is 17.1 Å². The van der Waals surface area contributed by atoms with E-state index in [9.17, 15) is 14.0 Å². The quantitative estimate of drug-likeness (QED) is 0.260. The Hall–Kier alpha value is -4.44. The highest BCUT2D eigenvalue weighted by Gasteiger charge is 2.20. The Labute approximate surface area is 197 Å². The molecule has 3 aromatic carbocycles. The number of hydrogen-bond donors (Lipinski definition) is 0. The van der Waals surface area contributed by atoms with Crippen LogP contribution in [0.1, 0.15) is 17.5 Å². The van der Waals surface area contributed by atoms with Gasteiger partial charge in [-0.15, -0.1) is 0 Å². The molecule has 1 amide bonds. The lowest BCUT2D eigenvalue weighted by atomic mass is 10.0. The minimum Gasteiger partial charge on any atom is -0.496 e. The van der Waals surface area contributed by atoms with Crippen molar-refractivity contribution in [1.29, 1.82) is 5.26 Å². The van der Waals surface area contributed by atoms with Crippen LogP contribution in [0.4, 0.5) is 10.1 Å². The van der Waals surface area contributed by atoms with Gasteiger partial charge >= 0.3 is 5.97 Å². The summed E-state index contributed by atoms with van der Waals surface area (Å²) in [6.45, 7) is -0.459. The van der Waals surface area contributed by atoms with Crippen molar-refractivity contribution >= 4 is 29.2 Å². The van der Waals surface area contributed by atoms with E-state index in [1.165, 1.54) is 36.3 Å². The molecule has 0 aromatic heterocycles. The van der Waals surface area contributed by atoms with Crippen molar-refractivity contribution in [3.05, 3.63) is 95.8 Å². The minimum absolute atomic E-state index is 0.0695. The van der Waals surface area contributed by atoms with E-state index >= 15 is 0 Å². The van der Waals surface area contributed by atoms with E-state index in [-0.39, 0.29) is 18.5 Å². The number of para-hydroxylation sites is 1. The van der Waals surface area contributed by atoms with Crippen LogP contribution in [0.3, 0.4) is 0 Å². The monoisotopic (exact) mass is 458 g/mol. The van der Waals surface area contributed by atoms with Gasteiger partial charge in [-0.25, -0.2) is 9.18 Å². The van der Waals surface area contributed by atoms with Crippen molar-refractivity contribution in [3.63, 3.8) is 0 Å². The highest BCUT2D eigenvalue weighted by molar-refractivity contribution is 6.22. The van der Waals surface area contributed by atoms with E-state index in [0.29, 0.717) is 22.6 Å². The molecule has 0 bridgehead atoms. The first-order valence-corrected chi connectivity index (χ1v) is 10.5. The van der Waals surface area contributed by atoms with Gasteiger partial charge in [0.05, 0.1) is 25.2 Å². The maximum Gasteiger partial charge on any atom is 0.339 e. The van der Waals surface area contributed by atoms with Crippen LogP contribution in [0.15, 0.2) is 78.9 Å². The SMILES string of the molecule is COc1ccccc1/C=C(/C(=O)OCC(=O)N(CCC#N)c1ccc(F)cc1)c1ccccc1. The zero-order valence-corrected chi connectivity index (χ0v) is 18.6. The second-order valence-corrected chi connectivity index (χ2v) is 7.17. The largest absolute Gasteiger partial charge is 0.496 e. The Morgan fingerprint density at radius 3 is 2.35 bits per heavy atom. The summed E-state index contributed by atoms with van der Waals surface area (Å²) in [5.74, 6) is -1.08. The highest BCUT2D eigenvalue weighted by atomic mass is 19.1. The first-order chi connectivity index (χ1) is 16.5. The second-order valence-electron chi connectivity index (χ2n) is 7.17. The minimum atomic E-state index is -0.690. The summed E-state index contributed by atoms with van der Waals surface area (Å²) < 4.78 is 24.1. The Morgan fingerprint density at radius 1 is 1.00 bits per heavy atom. The molecular formula is C27H23FN2O4. The second kappa shape index (κ2) is 12.0. The highest BCUT2D eigenvalue weighted by Crippen LogP contribution is 2.25. The van der Waals surface area contributed by atoms with Gasteiger partial charge in [-0.05, 0) is 42.0 Å². The molecule has 6 nitrogen and oxygen atoms in total. The number of rotatable bonds is 9. The average Bonchev–Trinajstić information content (AvgIpc) is 2.87. The fourth-order valence-electron chi connectivity index (χ4n) is 3.28. The number of methoxy groups -OCH3 is 1. The van der Waals surface area contributed by atoms with Crippen molar-refractivity contribution < 1.29 is 23.5 Å². The molecule has 0 aliphatic carbocycles. The van der Waals surface area contributed by atoms with Gasteiger partial charge in [0.2, 0.25) is 0 Å². The molecule has 0 atom stereocenters. The average molecular weight is 458 g/mol. The number of anilines is 1. The molecule has 0 aliphatic heterocycles. The van der Waals surface area contributed by atoms with Crippen molar-refractivity contribution in [1.82, 2.24) is 0 Å². The Morgan fingerprint density at radius 2 is 1.68 bits per heavy atom. The number of esters is 1. The molecule has 3 rings (SSSR count). The number of halogens is 1. The van der Waals surface area contributed by atoms with E-state index < -0.39 is 24.3 Å². The molecular weight excluding hydrogens is 435 g/mol. The Balaban J connectivity index is 1.83. The summed E-state index contributed by atoms with van der Waals surface area (Å²) in [4.78, 5) is 27.2. The predicted molar refractivity (Wildman–Crippen MR) is 127 cm³/mol. The van der Waals surface area contributed by atoms with Gasteiger partial charge in [0, 0.05) is 17.8 Å². The topological polar surface area (TPSA) is 79.6 Å². The normalized spacial score (nSPS) is 10.8. The standard InChI is InChI=1S/C27H23FN2O4/c1-33-25-11-6-5-10-21(25)18-24(20-8-3-2-4-9-20)27(32)34-19-26(31)30(17-7-16-29)23-14-12-22(28)13-15-23/h2-6,8-15,18H,7,17,19H2,1H3/b24-18+. The lowest BCUT2D eigenvalue weighted by Crippen LogP contribution is -2.35. The molecule has 0 spiro atoms. The molecule has 7 heteroatoms. The van der Waals surface area contributed by atoms with Gasteiger partial charge in [-0.2, -0.15) is 5.26 Å². The van der Waals surface area contributed by atoms with Crippen LogP contribution in [0.5, 0.6) is 5.75 Å². The van der Waals surface area contributed by atoms with Crippen molar-refractivity contribution in [2.45, 2.75) is 6.42 Å². The molecule has 0 N–H and O–H groups in total. The van der Waals surface area contributed by atoms with Crippen LogP contribution < -0.4 is 9.64 Å². The molecule has 0 fully saturated rings. The zero-order valence-electron chi connectivity index (χ0n) is 18.6. The molecule has 0 aliphatic rings. The summed E-state index contributed by atoms with van der Waals surface area (Å²) >= 11 is 0. The Kier molecular flexibility index (Phi) is 8.53. The third-order valence-corrected chi connectivity index (χ3v) is 4.96. The maximum atomic E-state index is 13.3. The number of nitriles is 1. The van der Waals surface area contributed by atoms with E-state index in [2.05, 4.69) is 0 Å². The van der Waals surface area contributed by atoms with Crippen LogP contribution in [0.25, 0.3) is 11.6 Å². The van der Waals surface area contributed by atoms with Crippen molar-refractivity contribution in [2.75, 3.05) is 25.2 Å². The molecule has 0 saturated heterocycles. The molecule has 172 valence electrons. The van der Waals surface area contributed by atoms with Crippen molar-refractivity contribution in [2.24, 2.45) is 0 Å². The Bertz CT molecular complexity index is 1200. The molecule has 0 saturated carbocycles. The first kappa shape index (κ1) is 24.2. The van der Waals surface area contributed by atoms with Crippen LogP contribution in [-0.2, 0) is 14.3 Å². The van der Waals surface area contributed by atoms with Crippen LogP contribution in [0.2, 0.25) is 0 Å². The number of nitrogens with zero attached hydrogens (tertiary/aromatic N) is 2. The van der Waals surface area contributed by atoms with Gasteiger partial charge in [0.25, 0.3) is 5.91 Å². The predicted octanol–water partition coefficient (Wildman–Crippen LogP) is 4.86. The summed E-state index contributed by atoms with van der Waals surface area (Å²) in [5, 5.41) is 8.94. The van der Waals surface area contributed by atoms with E-state index in [0.717, 1.165) is 0 Å². The summed E-state index contributed by atoms with van der Waals surface area (Å²) in [6.07, 6.45) is 1.72. The lowest BCUT2D eigenvalue weighted by molar-refractivity contribution is -0.142. The molecule has 34 heavy (non-hydrogen) atoms. The van der Waals surface area contributed by atoms with Gasteiger partial charge in [-0.1, -0.05) is 48.5 Å². The summed E-state index contributed by atoms with van der Waals surface area (Å²) in [6, 6.07) is 23.5. The summed E-state index contributed by atoms with van der Waals surface area (Å²) in [5.41, 5.74) is 1.95. The third-order valence-electron chi connectivity index (χ3n) is 4.96. The fourth-order valence-corrected chi connectivity index (χ4v) is 3.28. The van der Waals surface area contributed by atoms with Gasteiger partial charge in [0.15, 0.2) is 6.61 Å². The number of benzene rings is 3. The van der Waals surface area contributed by atoms with Crippen molar-refractivity contribution in [3.8, 4) is 11.8 Å². The zero-order chi connectivity index (χ0) is 24.3. The fraction of sp³-hybridized carbons (Fsp3) is 0.148. The van der Waals surface area contributed by atoms with E-state index in [4.69, 9.17) is 14.7 Å². The number of amides is 1. The molecule has 0 heterocycles. The molecule has 3 aromatic rings. The smallest absolute Gasteiger partial charge is 0.339 e. The van der Waals surface area contributed by atoms with Gasteiger partial charge in [-0.3, -0.25) is 4.79 Å². The maximum absolute atomic E-state index is 13.3. The van der Waals surface area contributed by atoms with Gasteiger partial charge in [0.1, 0.15) is 11.6 Å². The first-order valence-electron chi connectivity index (χ1n) is 10.5. The number of carbonyl (C=O) groups is 2. The third kappa shape index (κ3) is 6.30. The van der Waals surface area contributed by atoms with Crippen LogP contribution in [-0.4, -0.2) is 32.1 Å². The lowest BCUT2D eigenvalue weighted by Gasteiger charge is -2.22. The molecule has 0 radical (unpaired) electrons.